The molecule has 1 aromatic carbocycles. The zero-order chi connectivity index (χ0) is 13.0. The minimum absolute atomic E-state index is 0.0573. The highest BCUT2D eigenvalue weighted by molar-refractivity contribution is 5.26. The van der Waals surface area contributed by atoms with E-state index in [1.54, 1.807) is 6.07 Å². The molecule has 0 spiro atoms. The number of hydrogen-bond donors (Lipinski definition) is 1. The van der Waals surface area contributed by atoms with Gasteiger partial charge in [-0.2, -0.15) is 0 Å². The number of halogens is 1. The molecule has 1 nitrogen and oxygen atoms in total. The van der Waals surface area contributed by atoms with Crippen molar-refractivity contribution in [3.05, 3.63) is 35.1 Å². The van der Waals surface area contributed by atoms with E-state index in [9.17, 15) is 4.39 Å². The third kappa shape index (κ3) is 4.86. The van der Waals surface area contributed by atoms with E-state index >= 15 is 0 Å². The maximum absolute atomic E-state index is 13.3. The average Bonchev–Trinajstić information content (AvgIpc) is 2.14. The monoisotopic (exact) mass is 237 g/mol. The Morgan fingerprint density at radius 1 is 1.12 bits per heavy atom. The van der Waals surface area contributed by atoms with Crippen LogP contribution in [0.1, 0.15) is 50.8 Å². The predicted octanol–water partition coefficient (Wildman–Crippen LogP) is 4.21. The molecular formula is C15H24FN. The summed E-state index contributed by atoms with van der Waals surface area (Å²) in [6.07, 6.45) is 2.09. The molecule has 2 atom stereocenters. The minimum atomic E-state index is -0.188. The molecule has 0 aliphatic rings. The van der Waals surface area contributed by atoms with E-state index in [4.69, 9.17) is 5.73 Å². The standard InChI is InChI=1S/C15H24FN/c1-10(2)5-11(3)8-15(17)13-6-12(4)7-14(16)9-13/h6-7,9-11,15H,5,8,17H2,1-4H3. The Kier molecular flexibility index (Phi) is 5.13. The molecular weight excluding hydrogens is 213 g/mol. The molecule has 0 aliphatic carbocycles. The van der Waals surface area contributed by atoms with Gasteiger partial charge in [-0.1, -0.05) is 26.8 Å². The van der Waals surface area contributed by atoms with Gasteiger partial charge in [0.1, 0.15) is 5.82 Å². The van der Waals surface area contributed by atoms with E-state index in [1.165, 1.54) is 12.5 Å². The molecule has 96 valence electrons. The van der Waals surface area contributed by atoms with Crippen molar-refractivity contribution in [1.82, 2.24) is 0 Å². The zero-order valence-corrected chi connectivity index (χ0v) is 11.3. The number of nitrogens with two attached hydrogens (primary N) is 1. The van der Waals surface area contributed by atoms with Crippen LogP contribution in [0, 0.1) is 24.6 Å². The molecule has 0 amide bonds. The first-order valence-electron chi connectivity index (χ1n) is 6.41. The van der Waals surface area contributed by atoms with E-state index in [2.05, 4.69) is 20.8 Å². The number of rotatable bonds is 5. The van der Waals surface area contributed by atoms with Crippen LogP contribution in [0.3, 0.4) is 0 Å². The normalized spacial score (nSPS) is 15.0. The molecule has 0 aromatic heterocycles. The molecule has 0 radical (unpaired) electrons. The van der Waals surface area contributed by atoms with E-state index in [0.29, 0.717) is 11.8 Å². The minimum Gasteiger partial charge on any atom is -0.324 e. The Morgan fingerprint density at radius 2 is 1.76 bits per heavy atom. The Morgan fingerprint density at radius 3 is 2.29 bits per heavy atom. The highest BCUT2D eigenvalue weighted by Crippen LogP contribution is 2.24. The maximum Gasteiger partial charge on any atom is 0.123 e. The van der Waals surface area contributed by atoms with Crippen molar-refractivity contribution in [3.63, 3.8) is 0 Å². The van der Waals surface area contributed by atoms with Gasteiger partial charge in [-0.25, -0.2) is 4.39 Å². The van der Waals surface area contributed by atoms with Gasteiger partial charge in [0.05, 0.1) is 0 Å². The zero-order valence-electron chi connectivity index (χ0n) is 11.3. The summed E-state index contributed by atoms with van der Waals surface area (Å²) in [6.45, 7) is 8.55. The van der Waals surface area contributed by atoms with Crippen LogP contribution >= 0.6 is 0 Å². The van der Waals surface area contributed by atoms with Gasteiger partial charge in [-0.15, -0.1) is 0 Å². The molecule has 1 aromatic rings. The van der Waals surface area contributed by atoms with Crippen LogP contribution in [0.4, 0.5) is 4.39 Å². The number of benzene rings is 1. The second-order valence-electron chi connectivity index (χ2n) is 5.64. The third-order valence-electron chi connectivity index (χ3n) is 3.02. The van der Waals surface area contributed by atoms with E-state index in [-0.39, 0.29) is 11.9 Å². The van der Waals surface area contributed by atoms with Crippen LogP contribution in [-0.4, -0.2) is 0 Å². The van der Waals surface area contributed by atoms with Crippen LogP contribution in [0.25, 0.3) is 0 Å². The van der Waals surface area contributed by atoms with Crippen LogP contribution in [0.5, 0.6) is 0 Å². The summed E-state index contributed by atoms with van der Waals surface area (Å²) in [5.74, 6) is 1.08. The van der Waals surface area contributed by atoms with Crippen molar-refractivity contribution in [2.75, 3.05) is 0 Å². The molecule has 2 N–H and O–H groups in total. The SMILES string of the molecule is Cc1cc(F)cc(C(N)CC(C)CC(C)C)c1. The first-order chi connectivity index (χ1) is 7.88. The van der Waals surface area contributed by atoms with E-state index in [0.717, 1.165) is 17.5 Å². The molecule has 0 saturated heterocycles. The molecule has 0 aliphatic heterocycles. The summed E-state index contributed by atoms with van der Waals surface area (Å²) in [7, 11) is 0. The van der Waals surface area contributed by atoms with E-state index in [1.807, 2.05) is 13.0 Å². The van der Waals surface area contributed by atoms with Crippen molar-refractivity contribution < 1.29 is 4.39 Å². The fourth-order valence-corrected chi connectivity index (χ4v) is 2.45. The van der Waals surface area contributed by atoms with Crippen LogP contribution < -0.4 is 5.73 Å². The van der Waals surface area contributed by atoms with Gasteiger partial charge in [0.15, 0.2) is 0 Å². The lowest BCUT2D eigenvalue weighted by Crippen LogP contribution is -2.15. The molecule has 2 unspecified atom stereocenters. The summed E-state index contributed by atoms with van der Waals surface area (Å²) in [4.78, 5) is 0. The average molecular weight is 237 g/mol. The maximum atomic E-state index is 13.3. The summed E-state index contributed by atoms with van der Waals surface area (Å²) < 4.78 is 13.3. The smallest absolute Gasteiger partial charge is 0.123 e. The van der Waals surface area contributed by atoms with Gasteiger partial charge in [-0.05, 0) is 54.9 Å². The highest BCUT2D eigenvalue weighted by atomic mass is 19.1. The van der Waals surface area contributed by atoms with Gasteiger partial charge in [-0.3, -0.25) is 0 Å². The Labute approximate surface area is 104 Å². The molecule has 1 rings (SSSR count). The largest absolute Gasteiger partial charge is 0.324 e. The van der Waals surface area contributed by atoms with Crippen molar-refractivity contribution in [3.8, 4) is 0 Å². The molecule has 0 heterocycles. The quantitative estimate of drug-likeness (QED) is 0.815. The fraction of sp³-hybridized carbons (Fsp3) is 0.600. The van der Waals surface area contributed by atoms with Crippen molar-refractivity contribution in [2.24, 2.45) is 17.6 Å². The van der Waals surface area contributed by atoms with Crippen LogP contribution in [0.2, 0.25) is 0 Å². The highest BCUT2D eigenvalue weighted by Gasteiger charge is 2.13. The first kappa shape index (κ1) is 14.2. The van der Waals surface area contributed by atoms with Gasteiger partial charge < -0.3 is 5.73 Å². The Bertz CT molecular complexity index is 340. The van der Waals surface area contributed by atoms with Crippen LogP contribution in [0.15, 0.2) is 18.2 Å². The first-order valence-corrected chi connectivity index (χ1v) is 6.41. The van der Waals surface area contributed by atoms with Gasteiger partial charge in [0, 0.05) is 6.04 Å². The summed E-state index contributed by atoms with van der Waals surface area (Å²) >= 11 is 0. The second kappa shape index (κ2) is 6.15. The predicted molar refractivity (Wildman–Crippen MR) is 71.3 cm³/mol. The Balaban J connectivity index is 2.66. The lowest BCUT2D eigenvalue weighted by atomic mass is 9.90. The molecule has 0 bridgehead atoms. The molecule has 2 heteroatoms. The fourth-order valence-electron chi connectivity index (χ4n) is 2.45. The van der Waals surface area contributed by atoms with E-state index < -0.39 is 0 Å². The topological polar surface area (TPSA) is 26.0 Å². The van der Waals surface area contributed by atoms with Gasteiger partial charge in [0.25, 0.3) is 0 Å². The van der Waals surface area contributed by atoms with Gasteiger partial charge in [0.2, 0.25) is 0 Å². The van der Waals surface area contributed by atoms with Crippen molar-refractivity contribution in [1.29, 1.82) is 0 Å². The summed E-state index contributed by atoms with van der Waals surface area (Å²) in [5, 5.41) is 0. The number of aryl methyl sites for hydroxylation is 1. The van der Waals surface area contributed by atoms with Crippen LogP contribution in [-0.2, 0) is 0 Å². The third-order valence-corrected chi connectivity index (χ3v) is 3.02. The lowest BCUT2D eigenvalue weighted by molar-refractivity contribution is 0.387. The van der Waals surface area contributed by atoms with Gasteiger partial charge >= 0.3 is 0 Å². The summed E-state index contributed by atoms with van der Waals surface area (Å²) in [6, 6.07) is 5.02. The van der Waals surface area contributed by atoms with Crippen molar-refractivity contribution >= 4 is 0 Å². The molecule has 0 saturated carbocycles. The number of hydrogen-bond acceptors (Lipinski definition) is 1. The molecule has 17 heavy (non-hydrogen) atoms. The second-order valence-corrected chi connectivity index (χ2v) is 5.64. The molecule has 0 fully saturated rings. The Hall–Kier alpha value is -0.890. The summed E-state index contributed by atoms with van der Waals surface area (Å²) in [5.41, 5.74) is 7.99. The lowest BCUT2D eigenvalue weighted by Gasteiger charge is -2.19. The van der Waals surface area contributed by atoms with Crippen molar-refractivity contribution in [2.45, 2.75) is 46.6 Å².